The minimum absolute atomic E-state index is 1.00. The van der Waals surface area contributed by atoms with Gasteiger partial charge in [-0.05, 0) is 30.4 Å². The van der Waals surface area contributed by atoms with E-state index in [2.05, 4.69) is 43.1 Å². The van der Waals surface area contributed by atoms with Gasteiger partial charge in [0.05, 0.1) is 0 Å². The van der Waals surface area contributed by atoms with Crippen LogP contribution in [0.4, 0.5) is 0 Å². The molecular weight excluding hydrogens is 158 g/mol. The maximum absolute atomic E-state index is 4.37. The van der Waals surface area contributed by atoms with E-state index in [1.807, 2.05) is 6.20 Å². The minimum Gasteiger partial charge on any atom is -0.261 e. The number of pyridine rings is 1. The number of nitrogens with zero attached hydrogens (tertiary/aromatic N) is 1. The number of hydrogen-bond acceptors (Lipinski definition) is 1. The van der Waals surface area contributed by atoms with Crippen LogP contribution >= 0.6 is 0 Å². The number of hydrogen-bond donors (Lipinski definition) is 0. The fourth-order valence-corrected chi connectivity index (χ4v) is 1.71. The molecule has 2 rings (SSSR count). The van der Waals surface area contributed by atoms with Gasteiger partial charge in [0.1, 0.15) is 0 Å². The van der Waals surface area contributed by atoms with Gasteiger partial charge >= 0.3 is 0 Å². The van der Waals surface area contributed by atoms with Gasteiger partial charge in [0, 0.05) is 17.3 Å². The first-order chi connectivity index (χ1) is 6.33. The van der Waals surface area contributed by atoms with Gasteiger partial charge in [0.15, 0.2) is 0 Å². The molecule has 1 heteroatoms. The van der Waals surface area contributed by atoms with Crippen LogP contribution in [0.25, 0.3) is 10.8 Å². The van der Waals surface area contributed by atoms with Crippen molar-refractivity contribution >= 4 is 10.8 Å². The fourth-order valence-electron chi connectivity index (χ4n) is 1.71. The monoisotopic (exact) mass is 171 g/mol. The summed E-state index contributed by atoms with van der Waals surface area (Å²) in [6, 6.07) is 8.47. The molecule has 0 bridgehead atoms. The van der Waals surface area contributed by atoms with Crippen LogP contribution in [0.5, 0.6) is 0 Å². The second kappa shape index (κ2) is 3.17. The van der Waals surface area contributed by atoms with Crippen molar-refractivity contribution in [3.8, 4) is 0 Å². The summed E-state index contributed by atoms with van der Waals surface area (Å²) < 4.78 is 0. The summed E-state index contributed by atoms with van der Waals surface area (Å²) in [7, 11) is 0. The fraction of sp³-hybridized carbons (Fsp3) is 0.250. The highest BCUT2D eigenvalue weighted by Crippen LogP contribution is 2.20. The highest BCUT2D eigenvalue weighted by molar-refractivity contribution is 5.87. The van der Waals surface area contributed by atoms with Gasteiger partial charge < -0.3 is 0 Å². The Morgan fingerprint density at radius 2 is 2.00 bits per heavy atom. The third-order valence-electron chi connectivity index (χ3n) is 2.44. The third-order valence-corrected chi connectivity index (χ3v) is 2.44. The summed E-state index contributed by atoms with van der Waals surface area (Å²) in [4.78, 5) is 4.37. The number of aryl methyl sites for hydroxylation is 2. The van der Waals surface area contributed by atoms with Crippen LogP contribution in [-0.2, 0) is 6.42 Å². The topological polar surface area (TPSA) is 12.9 Å². The van der Waals surface area contributed by atoms with E-state index in [-0.39, 0.29) is 0 Å². The van der Waals surface area contributed by atoms with Crippen LogP contribution in [0.1, 0.15) is 18.2 Å². The van der Waals surface area contributed by atoms with Crippen molar-refractivity contribution in [2.75, 3.05) is 0 Å². The quantitative estimate of drug-likeness (QED) is 0.642. The van der Waals surface area contributed by atoms with Crippen molar-refractivity contribution < 1.29 is 0 Å². The van der Waals surface area contributed by atoms with E-state index in [1.165, 1.54) is 22.0 Å². The van der Waals surface area contributed by atoms with Gasteiger partial charge in [-0.2, -0.15) is 0 Å². The van der Waals surface area contributed by atoms with Gasteiger partial charge in [-0.3, -0.25) is 4.98 Å². The summed E-state index contributed by atoms with van der Waals surface area (Å²) in [5, 5.41) is 2.62. The Hall–Kier alpha value is -1.37. The molecule has 0 amide bonds. The van der Waals surface area contributed by atoms with E-state index in [0.717, 1.165) is 6.42 Å². The lowest BCUT2D eigenvalue weighted by atomic mass is 10.0. The maximum Gasteiger partial charge on any atom is 0.0479 e. The van der Waals surface area contributed by atoms with E-state index in [0.29, 0.717) is 0 Å². The van der Waals surface area contributed by atoms with Crippen LogP contribution < -0.4 is 0 Å². The van der Waals surface area contributed by atoms with Crippen molar-refractivity contribution in [2.45, 2.75) is 20.3 Å². The molecule has 1 nitrogen and oxygen atoms in total. The summed E-state index contributed by atoms with van der Waals surface area (Å²) in [6.07, 6.45) is 2.90. The number of aromatic nitrogens is 1. The molecule has 0 saturated heterocycles. The predicted octanol–water partition coefficient (Wildman–Crippen LogP) is 3.11. The normalized spacial score (nSPS) is 10.6. The molecule has 1 aromatic carbocycles. The van der Waals surface area contributed by atoms with Crippen LogP contribution in [0.2, 0.25) is 0 Å². The first-order valence-corrected chi connectivity index (χ1v) is 4.66. The van der Waals surface area contributed by atoms with E-state index in [9.17, 15) is 0 Å². The molecule has 0 unspecified atom stereocenters. The summed E-state index contributed by atoms with van der Waals surface area (Å²) in [5.74, 6) is 0. The van der Waals surface area contributed by atoms with Crippen molar-refractivity contribution in [1.29, 1.82) is 0 Å². The van der Waals surface area contributed by atoms with Crippen molar-refractivity contribution in [3.05, 3.63) is 41.7 Å². The molecular formula is C12H13N. The molecule has 0 aliphatic heterocycles. The lowest BCUT2D eigenvalue weighted by molar-refractivity contribution is 1.06. The van der Waals surface area contributed by atoms with E-state index < -0.39 is 0 Å². The third kappa shape index (κ3) is 1.31. The van der Waals surface area contributed by atoms with Crippen molar-refractivity contribution in [3.63, 3.8) is 0 Å². The van der Waals surface area contributed by atoms with Crippen LogP contribution in [0.15, 0.2) is 30.5 Å². The van der Waals surface area contributed by atoms with E-state index >= 15 is 0 Å². The Bertz CT molecular complexity index is 432. The lowest BCUT2D eigenvalue weighted by Gasteiger charge is -2.04. The smallest absolute Gasteiger partial charge is 0.0479 e. The van der Waals surface area contributed by atoms with Gasteiger partial charge in [0.2, 0.25) is 0 Å². The highest BCUT2D eigenvalue weighted by Gasteiger charge is 2.00. The molecule has 0 saturated carbocycles. The first-order valence-electron chi connectivity index (χ1n) is 4.66. The Kier molecular flexibility index (Phi) is 2.01. The lowest BCUT2D eigenvalue weighted by Crippen LogP contribution is -1.89. The molecule has 66 valence electrons. The Labute approximate surface area is 78.4 Å². The molecule has 13 heavy (non-hydrogen) atoms. The summed E-state index contributed by atoms with van der Waals surface area (Å²) in [6.45, 7) is 4.28. The number of benzene rings is 1. The average molecular weight is 171 g/mol. The molecule has 1 aromatic heterocycles. The van der Waals surface area contributed by atoms with E-state index in [4.69, 9.17) is 0 Å². The Morgan fingerprint density at radius 1 is 1.15 bits per heavy atom. The predicted molar refractivity (Wildman–Crippen MR) is 55.9 cm³/mol. The number of fused-ring (bicyclic) bond motifs is 1. The van der Waals surface area contributed by atoms with Gasteiger partial charge in [-0.15, -0.1) is 0 Å². The second-order valence-electron chi connectivity index (χ2n) is 3.28. The van der Waals surface area contributed by atoms with Crippen LogP contribution in [0, 0.1) is 6.92 Å². The summed E-state index contributed by atoms with van der Waals surface area (Å²) in [5.41, 5.74) is 2.52. The minimum atomic E-state index is 1.00. The van der Waals surface area contributed by atoms with Crippen molar-refractivity contribution in [1.82, 2.24) is 4.98 Å². The molecule has 0 spiro atoms. The van der Waals surface area contributed by atoms with Crippen LogP contribution in [-0.4, -0.2) is 4.98 Å². The molecule has 0 N–H and O–H groups in total. The molecule has 0 aliphatic carbocycles. The Balaban J connectivity index is 2.84. The van der Waals surface area contributed by atoms with Gasteiger partial charge in [-0.25, -0.2) is 0 Å². The van der Waals surface area contributed by atoms with Gasteiger partial charge in [-0.1, -0.05) is 25.1 Å². The average Bonchev–Trinajstić information content (AvgIpc) is 2.18. The molecule has 2 aromatic rings. The molecule has 0 fully saturated rings. The first kappa shape index (κ1) is 8.24. The molecule has 1 heterocycles. The molecule has 0 aliphatic rings. The SMILES string of the molecule is CCc1nccc2c(C)cccc12. The zero-order valence-electron chi connectivity index (χ0n) is 8.04. The highest BCUT2D eigenvalue weighted by atomic mass is 14.7. The number of rotatable bonds is 1. The Morgan fingerprint density at radius 3 is 2.77 bits per heavy atom. The molecule has 0 atom stereocenters. The maximum atomic E-state index is 4.37. The van der Waals surface area contributed by atoms with Gasteiger partial charge in [0.25, 0.3) is 0 Å². The second-order valence-corrected chi connectivity index (χ2v) is 3.28. The zero-order valence-corrected chi connectivity index (χ0v) is 8.04. The van der Waals surface area contributed by atoms with E-state index in [1.54, 1.807) is 0 Å². The zero-order chi connectivity index (χ0) is 9.26. The standard InChI is InChI=1S/C12H13N/c1-3-12-11-6-4-5-9(2)10(11)7-8-13-12/h4-8H,3H2,1-2H3. The van der Waals surface area contributed by atoms with Crippen LogP contribution in [0.3, 0.4) is 0 Å². The van der Waals surface area contributed by atoms with Crippen molar-refractivity contribution in [2.24, 2.45) is 0 Å². The summed E-state index contributed by atoms with van der Waals surface area (Å²) >= 11 is 0. The molecule has 0 radical (unpaired) electrons. The largest absolute Gasteiger partial charge is 0.261 e.